The van der Waals surface area contributed by atoms with E-state index in [9.17, 15) is 9.59 Å². The van der Waals surface area contributed by atoms with Crippen LogP contribution in [0.25, 0.3) is 4.85 Å². The zero-order chi connectivity index (χ0) is 32.0. The Labute approximate surface area is 297 Å². The molecule has 1 aromatic carbocycles. The molecule has 12 nitrogen and oxygen atoms in total. The number of likely N-dealkylation sites (tertiary alicyclic amines) is 1. The van der Waals surface area contributed by atoms with Crippen molar-refractivity contribution in [2.24, 2.45) is 0 Å². The van der Waals surface area contributed by atoms with E-state index in [0.29, 0.717) is 39.2 Å². The first kappa shape index (κ1) is 35.8. The average Bonchev–Trinajstić information content (AvgIpc) is 3.49. The Morgan fingerprint density at radius 3 is 2.57 bits per heavy atom. The number of benzene rings is 1. The maximum atomic E-state index is 13.1. The van der Waals surface area contributed by atoms with Gasteiger partial charge in [0.2, 0.25) is 6.54 Å². The standard InChI is InChI=1S/C33H44N7O5.Y/c1-6-37-15-10-13-25(37)23-43-30-35-28-21-39(31(41)45-33(2,3)4)16-14-27(28)29(36-30)38-17-18-40(26(20-38)19-34-5)32(42)44-22-24-11-8-7-9-12-24;/h7-9,11-12,25-26H,1,6,10,13-23H2,2-4H3;/q-1;/t25-,26-;/m0./s1. The van der Waals surface area contributed by atoms with E-state index in [0.717, 1.165) is 48.6 Å². The fourth-order valence-electron chi connectivity index (χ4n) is 6.10. The Kier molecular flexibility index (Phi) is 12.6. The molecule has 0 saturated carbocycles. The molecule has 0 aliphatic carbocycles. The second-order valence-corrected chi connectivity index (χ2v) is 12.7. The first-order chi connectivity index (χ1) is 21.6. The zero-order valence-electron chi connectivity index (χ0n) is 27.2. The Morgan fingerprint density at radius 1 is 1.07 bits per heavy atom. The third-order valence-electron chi connectivity index (χ3n) is 8.39. The van der Waals surface area contributed by atoms with Gasteiger partial charge >= 0.3 is 18.2 Å². The van der Waals surface area contributed by atoms with Gasteiger partial charge in [-0.3, -0.25) is 4.90 Å². The summed E-state index contributed by atoms with van der Waals surface area (Å²) in [4.78, 5) is 47.1. The Morgan fingerprint density at radius 2 is 1.85 bits per heavy atom. The molecule has 46 heavy (non-hydrogen) atoms. The fourth-order valence-corrected chi connectivity index (χ4v) is 6.10. The van der Waals surface area contributed by atoms with Crippen LogP contribution in [0.3, 0.4) is 0 Å². The number of amides is 2. The summed E-state index contributed by atoms with van der Waals surface area (Å²) in [6.07, 6.45) is 1.87. The van der Waals surface area contributed by atoms with Crippen molar-refractivity contribution >= 4 is 18.0 Å². The van der Waals surface area contributed by atoms with Crippen LogP contribution in [-0.4, -0.2) is 107 Å². The first-order valence-corrected chi connectivity index (χ1v) is 15.7. The van der Waals surface area contributed by atoms with Gasteiger partial charge < -0.3 is 40.7 Å². The van der Waals surface area contributed by atoms with E-state index in [1.165, 1.54) is 0 Å². The SMILES string of the molecule is [C-]#[N+]C[C@H]1CN(c2nc(OC[C@@H]3CCCN3C[CH2-])nc3c2CCN(C(=O)OC(C)(C)C)C3)CCN1C(=O)OCc1ccccc1.[Y]. The molecule has 1 radical (unpaired) electrons. The van der Waals surface area contributed by atoms with E-state index in [-0.39, 0.29) is 76.6 Å². The summed E-state index contributed by atoms with van der Waals surface area (Å²) in [5.74, 6) is 0.728. The molecule has 3 aliphatic rings. The number of anilines is 1. The predicted octanol–water partition coefficient (Wildman–Crippen LogP) is 4.19. The number of hydrogen-bond acceptors (Lipinski definition) is 9. The predicted molar refractivity (Wildman–Crippen MR) is 169 cm³/mol. The van der Waals surface area contributed by atoms with Gasteiger partial charge in [0.25, 0.3) is 0 Å². The van der Waals surface area contributed by atoms with Gasteiger partial charge in [0.15, 0.2) is 0 Å². The van der Waals surface area contributed by atoms with Crippen molar-refractivity contribution < 1.29 is 56.5 Å². The summed E-state index contributed by atoms with van der Waals surface area (Å²) >= 11 is 0. The number of ether oxygens (including phenoxy) is 3. The minimum Gasteiger partial charge on any atom is -0.462 e. The number of carbonyl (C=O) groups excluding carboxylic acids is 2. The van der Waals surface area contributed by atoms with E-state index in [1.807, 2.05) is 51.1 Å². The molecule has 0 spiro atoms. The molecule has 5 rings (SSSR count). The zero-order valence-corrected chi connectivity index (χ0v) is 30.0. The minimum absolute atomic E-state index is 0. The topological polar surface area (TPSA) is 105 Å². The Bertz CT molecular complexity index is 1380. The van der Waals surface area contributed by atoms with Crippen molar-refractivity contribution in [3.05, 3.63) is 65.5 Å². The molecule has 2 atom stereocenters. The molecule has 245 valence electrons. The number of nitrogens with zero attached hydrogens (tertiary/aromatic N) is 7. The van der Waals surface area contributed by atoms with Crippen LogP contribution in [0, 0.1) is 13.5 Å². The summed E-state index contributed by atoms with van der Waals surface area (Å²) in [7, 11) is 0. The molecular weight excluding hydrogens is 663 g/mol. The molecular formula is C33H44N7O5Y-. The number of piperazine rings is 1. The molecule has 2 saturated heterocycles. The quantitative estimate of drug-likeness (QED) is 0.374. The van der Waals surface area contributed by atoms with Gasteiger partial charge in [0, 0.05) is 70.5 Å². The molecule has 0 unspecified atom stereocenters. The summed E-state index contributed by atoms with van der Waals surface area (Å²) in [5.41, 5.74) is 1.97. The van der Waals surface area contributed by atoms with Crippen molar-refractivity contribution in [3.63, 3.8) is 0 Å². The van der Waals surface area contributed by atoms with Crippen molar-refractivity contribution in [1.29, 1.82) is 0 Å². The van der Waals surface area contributed by atoms with E-state index in [1.54, 1.807) is 9.80 Å². The summed E-state index contributed by atoms with van der Waals surface area (Å²) < 4.78 is 17.5. The molecule has 13 heteroatoms. The monoisotopic (exact) mass is 707 g/mol. The molecule has 2 fully saturated rings. The number of carbonyl (C=O) groups is 2. The van der Waals surface area contributed by atoms with E-state index >= 15 is 0 Å². The fraction of sp³-hybridized carbons (Fsp3) is 0.576. The van der Waals surface area contributed by atoms with Crippen LogP contribution < -0.4 is 9.64 Å². The van der Waals surface area contributed by atoms with Crippen LogP contribution in [0.4, 0.5) is 15.4 Å². The second-order valence-electron chi connectivity index (χ2n) is 12.7. The van der Waals surface area contributed by atoms with Crippen molar-refractivity contribution in [2.75, 3.05) is 57.3 Å². The van der Waals surface area contributed by atoms with Crippen LogP contribution >= 0.6 is 0 Å². The van der Waals surface area contributed by atoms with Gasteiger partial charge in [0.1, 0.15) is 30.7 Å². The Hall–Kier alpha value is -3.01. The molecule has 4 heterocycles. The maximum Gasteiger partial charge on any atom is 0.410 e. The van der Waals surface area contributed by atoms with Crippen LogP contribution in [-0.2, 0) is 61.8 Å². The largest absolute Gasteiger partial charge is 0.462 e. The average molecular weight is 708 g/mol. The van der Waals surface area contributed by atoms with E-state index < -0.39 is 11.7 Å². The van der Waals surface area contributed by atoms with Gasteiger partial charge in [-0.05, 0) is 52.1 Å². The molecule has 0 bridgehead atoms. The van der Waals surface area contributed by atoms with E-state index in [2.05, 4.69) is 21.6 Å². The van der Waals surface area contributed by atoms with Gasteiger partial charge in [-0.1, -0.05) is 30.3 Å². The van der Waals surface area contributed by atoms with E-state index in [4.69, 9.17) is 30.8 Å². The van der Waals surface area contributed by atoms with Crippen LogP contribution in [0.2, 0.25) is 0 Å². The van der Waals surface area contributed by atoms with Crippen molar-refractivity contribution in [3.8, 4) is 6.01 Å². The number of fused-ring (bicyclic) bond motifs is 1. The van der Waals surface area contributed by atoms with Crippen LogP contribution in [0.5, 0.6) is 6.01 Å². The maximum absolute atomic E-state index is 13.1. The summed E-state index contributed by atoms with van der Waals surface area (Å²) in [6, 6.07) is 9.68. The van der Waals surface area contributed by atoms with Crippen molar-refractivity contribution in [2.45, 2.75) is 70.9 Å². The number of aromatic nitrogens is 2. The number of hydrogen-bond donors (Lipinski definition) is 0. The Balaban J connectivity index is 0.00000480. The van der Waals surface area contributed by atoms with Gasteiger partial charge in [-0.25, -0.2) is 16.2 Å². The first-order valence-electron chi connectivity index (χ1n) is 15.7. The van der Waals surface area contributed by atoms with Crippen LogP contribution in [0.1, 0.15) is 50.4 Å². The molecule has 1 aromatic heterocycles. The normalized spacial score (nSPS) is 19.9. The molecule has 2 aromatic rings. The summed E-state index contributed by atoms with van der Waals surface area (Å²) in [5, 5.41) is 0. The summed E-state index contributed by atoms with van der Waals surface area (Å²) in [6.45, 7) is 21.7. The number of rotatable bonds is 8. The smallest absolute Gasteiger partial charge is 0.410 e. The van der Waals surface area contributed by atoms with Crippen molar-refractivity contribution in [1.82, 2.24) is 24.7 Å². The third-order valence-corrected chi connectivity index (χ3v) is 8.39. The van der Waals surface area contributed by atoms with Gasteiger partial charge in [-0.15, -0.1) is 6.54 Å². The molecule has 2 amide bonds. The third kappa shape index (κ3) is 9.08. The molecule has 3 aliphatic heterocycles. The minimum atomic E-state index is -0.608. The van der Waals surface area contributed by atoms with Gasteiger partial charge in [0.05, 0.1) is 12.2 Å². The van der Waals surface area contributed by atoms with Gasteiger partial charge in [-0.2, -0.15) is 9.97 Å². The molecule has 0 N–H and O–H groups in total. The van der Waals surface area contributed by atoms with Crippen LogP contribution in [0.15, 0.2) is 30.3 Å². The second kappa shape index (κ2) is 16.2.